The van der Waals surface area contributed by atoms with E-state index in [2.05, 4.69) is 48.1 Å². The molecule has 4 rings (SSSR count). The van der Waals surface area contributed by atoms with Gasteiger partial charge in [0.15, 0.2) is 0 Å². The molecule has 0 unspecified atom stereocenters. The largest absolute Gasteiger partial charge is 0.463 e. The second-order valence-corrected chi connectivity index (χ2v) is 6.30. The molecule has 0 saturated carbocycles. The van der Waals surface area contributed by atoms with Gasteiger partial charge in [0, 0.05) is 0 Å². The first kappa shape index (κ1) is 17.8. The Morgan fingerprint density at radius 3 is 1.42 bits per heavy atom. The van der Waals surface area contributed by atoms with Crippen LogP contribution in [-0.4, -0.2) is 25.3 Å². The van der Waals surface area contributed by atoms with Gasteiger partial charge in [-0.1, -0.05) is 48.5 Å². The number of aliphatic imine (C=N–C) groups is 2. The van der Waals surface area contributed by atoms with Gasteiger partial charge in [-0.15, -0.1) is 0 Å². The van der Waals surface area contributed by atoms with Crippen LogP contribution < -0.4 is 11.5 Å². The van der Waals surface area contributed by atoms with Crippen molar-refractivity contribution in [3.63, 3.8) is 0 Å². The second kappa shape index (κ2) is 7.91. The standard InChI is InChI=1S/2C10H12N2O/c2*1-7-4-2-3-5-8(7)9-6-13-10(11)12-9/h2*2-5,9H,6H2,1H3,(H2,11,12)/t2*9-/m10/s1. The third-order valence-electron chi connectivity index (χ3n) is 4.44. The first-order chi connectivity index (χ1) is 12.5. The van der Waals surface area contributed by atoms with E-state index in [4.69, 9.17) is 20.9 Å². The van der Waals surface area contributed by atoms with Gasteiger partial charge in [-0.3, -0.25) is 0 Å². The van der Waals surface area contributed by atoms with Crippen molar-refractivity contribution in [3.8, 4) is 0 Å². The van der Waals surface area contributed by atoms with E-state index in [1.807, 2.05) is 24.3 Å². The van der Waals surface area contributed by atoms with E-state index >= 15 is 0 Å². The van der Waals surface area contributed by atoms with Gasteiger partial charge in [0.1, 0.15) is 25.3 Å². The van der Waals surface area contributed by atoms with Crippen molar-refractivity contribution < 1.29 is 9.47 Å². The van der Waals surface area contributed by atoms with Crippen molar-refractivity contribution in [3.05, 3.63) is 70.8 Å². The Balaban J connectivity index is 0.000000151. The number of aryl methyl sites for hydroxylation is 2. The molecule has 2 aromatic carbocycles. The zero-order valence-corrected chi connectivity index (χ0v) is 15.1. The molecule has 4 N–H and O–H groups in total. The second-order valence-electron chi connectivity index (χ2n) is 6.30. The van der Waals surface area contributed by atoms with Crippen LogP contribution in [0.3, 0.4) is 0 Å². The van der Waals surface area contributed by atoms with Crippen LogP contribution in [0.4, 0.5) is 0 Å². The highest BCUT2D eigenvalue weighted by molar-refractivity contribution is 5.73. The van der Waals surface area contributed by atoms with Crippen molar-refractivity contribution >= 4 is 12.0 Å². The zero-order chi connectivity index (χ0) is 18.5. The fourth-order valence-corrected chi connectivity index (χ4v) is 3.02. The molecule has 6 nitrogen and oxygen atoms in total. The molecule has 2 aromatic rings. The van der Waals surface area contributed by atoms with Gasteiger partial charge in [-0.05, 0) is 36.1 Å². The fourth-order valence-electron chi connectivity index (χ4n) is 3.02. The lowest BCUT2D eigenvalue weighted by atomic mass is 10.0. The molecule has 0 spiro atoms. The van der Waals surface area contributed by atoms with E-state index in [0.29, 0.717) is 25.3 Å². The molecule has 26 heavy (non-hydrogen) atoms. The Labute approximate surface area is 153 Å². The van der Waals surface area contributed by atoms with Gasteiger partial charge in [-0.25, -0.2) is 9.98 Å². The Kier molecular flexibility index (Phi) is 5.41. The Morgan fingerprint density at radius 2 is 1.12 bits per heavy atom. The number of hydrogen-bond donors (Lipinski definition) is 2. The summed E-state index contributed by atoms with van der Waals surface area (Å²) in [6.45, 7) is 5.27. The maximum Gasteiger partial charge on any atom is 0.282 e. The third kappa shape index (κ3) is 4.14. The first-order valence-corrected chi connectivity index (χ1v) is 8.58. The van der Waals surface area contributed by atoms with Crippen molar-refractivity contribution in [1.29, 1.82) is 0 Å². The van der Waals surface area contributed by atoms with Crippen LogP contribution in [-0.2, 0) is 9.47 Å². The zero-order valence-electron chi connectivity index (χ0n) is 15.1. The summed E-state index contributed by atoms with van der Waals surface area (Å²) in [7, 11) is 0. The molecule has 0 aromatic heterocycles. The minimum absolute atomic E-state index is 0.0844. The van der Waals surface area contributed by atoms with Crippen molar-refractivity contribution in [1.82, 2.24) is 0 Å². The summed E-state index contributed by atoms with van der Waals surface area (Å²) in [5, 5.41) is 0. The lowest BCUT2D eigenvalue weighted by Gasteiger charge is -2.07. The summed E-state index contributed by atoms with van der Waals surface area (Å²) in [6, 6.07) is 17.1. The van der Waals surface area contributed by atoms with Crippen molar-refractivity contribution in [2.24, 2.45) is 21.5 Å². The van der Waals surface area contributed by atoms with Crippen molar-refractivity contribution in [2.75, 3.05) is 13.2 Å². The van der Waals surface area contributed by atoms with Gasteiger partial charge in [-0.2, -0.15) is 0 Å². The van der Waals surface area contributed by atoms with Crippen LogP contribution >= 0.6 is 0 Å². The van der Waals surface area contributed by atoms with Gasteiger partial charge in [0.25, 0.3) is 12.0 Å². The molecule has 0 bridgehead atoms. The summed E-state index contributed by atoms with van der Waals surface area (Å²) in [4.78, 5) is 8.38. The fraction of sp³-hybridized carbons (Fsp3) is 0.300. The molecule has 2 heterocycles. The molecule has 136 valence electrons. The summed E-state index contributed by atoms with van der Waals surface area (Å²) in [5.74, 6) is 0. The molecule has 6 heteroatoms. The van der Waals surface area contributed by atoms with Gasteiger partial charge in [0.05, 0.1) is 0 Å². The number of ether oxygens (including phenoxy) is 2. The molecule has 0 radical (unpaired) electrons. The van der Waals surface area contributed by atoms with Crippen LogP contribution in [0.1, 0.15) is 34.3 Å². The van der Waals surface area contributed by atoms with Crippen LogP contribution in [0.2, 0.25) is 0 Å². The van der Waals surface area contributed by atoms with E-state index in [0.717, 1.165) is 0 Å². The molecule has 0 saturated heterocycles. The highest BCUT2D eigenvalue weighted by Crippen LogP contribution is 2.25. The minimum Gasteiger partial charge on any atom is -0.463 e. The van der Waals surface area contributed by atoms with E-state index < -0.39 is 0 Å². The van der Waals surface area contributed by atoms with Crippen LogP contribution in [0, 0.1) is 13.8 Å². The van der Waals surface area contributed by atoms with Crippen LogP contribution in [0.15, 0.2) is 58.5 Å². The average Bonchev–Trinajstić information content (AvgIpc) is 3.25. The number of rotatable bonds is 2. The topological polar surface area (TPSA) is 95.2 Å². The Hall–Kier alpha value is -3.02. The molecule has 2 atom stereocenters. The Morgan fingerprint density at radius 1 is 0.731 bits per heavy atom. The lowest BCUT2D eigenvalue weighted by molar-refractivity contribution is 0.314. The highest BCUT2D eigenvalue weighted by Gasteiger charge is 2.20. The number of nitrogens with zero attached hydrogens (tertiary/aromatic N) is 2. The third-order valence-corrected chi connectivity index (χ3v) is 4.44. The van der Waals surface area contributed by atoms with E-state index in [-0.39, 0.29) is 12.1 Å². The molecular formula is C20H24N4O2. The molecule has 2 aliphatic heterocycles. The summed E-state index contributed by atoms with van der Waals surface area (Å²) < 4.78 is 10.2. The quantitative estimate of drug-likeness (QED) is 0.869. The predicted octanol–water partition coefficient (Wildman–Crippen LogP) is 2.76. The van der Waals surface area contributed by atoms with E-state index in [9.17, 15) is 0 Å². The molecule has 0 fully saturated rings. The number of amidine groups is 2. The molecule has 0 amide bonds. The number of hydrogen-bond acceptors (Lipinski definition) is 6. The van der Waals surface area contributed by atoms with E-state index in [1.54, 1.807) is 0 Å². The lowest BCUT2D eigenvalue weighted by Crippen LogP contribution is -2.10. The van der Waals surface area contributed by atoms with Gasteiger partial charge in [0.2, 0.25) is 0 Å². The minimum atomic E-state index is 0.0844. The summed E-state index contributed by atoms with van der Waals surface area (Å²) in [5.41, 5.74) is 15.7. The molecular weight excluding hydrogens is 328 g/mol. The van der Waals surface area contributed by atoms with Gasteiger partial charge >= 0.3 is 0 Å². The monoisotopic (exact) mass is 352 g/mol. The normalized spacial score (nSPS) is 21.0. The van der Waals surface area contributed by atoms with Crippen LogP contribution in [0.5, 0.6) is 0 Å². The van der Waals surface area contributed by atoms with Crippen molar-refractivity contribution in [2.45, 2.75) is 25.9 Å². The number of nitrogens with two attached hydrogens (primary N) is 2. The van der Waals surface area contributed by atoms with E-state index in [1.165, 1.54) is 22.3 Å². The molecule has 0 aliphatic carbocycles. The Bertz CT molecular complexity index is 763. The SMILES string of the molecule is Cc1ccccc1[C@@H]1COC(N)=N1.Cc1ccccc1[C@H]1COC(N)=N1. The molecule has 2 aliphatic rings. The first-order valence-electron chi connectivity index (χ1n) is 8.58. The highest BCUT2D eigenvalue weighted by atomic mass is 16.5. The number of benzene rings is 2. The van der Waals surface area contributed by atoms with Crippen LogP contribution in [0.25, 0.3) is 0 Å². The summed E-state index contributed by atoms with van der Waals surface area (Å²) in [6.07, 6.45) is 0. The summed E-state index contributed by atoms with van der Waals surface area (Å²) >= 11 is 0. The smallest absolute Gasteiger partial charge is 0.282 e. The maximum atomic E-state index is 5.44. The predicted molar refractivity (Wildman–Crippen MR) is 103 cm³/mol. The maximum absolute atomic E-state index is 5.44. The van der Waals surface area contributed by atoms with Gasteiger partial charge < -0.3 is 20.9 Å². The average molecular weight is 352 g/mol.